The van der Waals surface area contributed by atoms with E-state index in [9.17, 15) is 46.0 Å². The summed E-state index contributed by atoms with van der Waals surface area (Å²) < 4.78 is 0. The smallest absolute Gasteiger partial charge is 0.298 e. The molecule has 1 unspecified atom stereocenters. The zero-order chi connectivity index (χ0) is 49.9. The number of nitrogens with zero attached hydrogens (tertiary/aromatic N) is 2. The summed E-state index contributed by atoms with van der Waals surface area (Å²) in [5.74, 6) is -12.0. The first-order valence-corrected chi connectivity index (χ1v) is 23.0. The van der Waals surface area contributed by atoms with Crippen molar-refractivity contribution in [1.29, 1.82) is 0 Å². The van der Waals surface area contributed by atoms with Crippen LogP contribution in [0, 0.1) is 33.6 Å². The molecule has 0 heterocycles. The Morgan fingerprint density at radius 3 is 0.971 bits per heavy atom. The Morgan fingerprint density at radius 1 is 0.386 bits per heavy atom. The van der Waals surface area contributed by atoms with Crippen molar-refractivity contribution in [3.63, 3.8) is 0 Å². The number of fused-ring (bicyclic) bond motifs is 6. The summed E-state index contributed by atoms with van der Waals surface area (Å²) in [5.41, 5.74) is 0.384. The van der Waals surface area contributed by atoms with Crippen LogP contribution in [0.3, 0.4) is 0 Å². The summed E-state index contributed by atoms with van der Waals surface area (Å²) in [6, 6.07) is 44.0. The van der Waals surface area contributed by atoms with Crippen molar-refractivity contribution in [2.75, 3.05) is 9.80 Å². The van der Waals surface area contributed by atoms with Gasteiger partial charge in [0.25, 0.3) is 11.9 Å². The van der Waals surface area contributed by atoms with Crippen LogP contribution < -0.4 is 9.80 Å². The third kappa shape index (κ3) is 6.63. The molecule has 9 N–H and O–H groups in total. The predicted molar refractivity (Wildman–Crippen MR) is 271 cm³/mol. The summed E-state index contributed by atoms with van der Waals surface area (Å²) in [7, 11) is 0. The second-order valence-electron chi connectivity index (χ2n) is 19.1. The van der Waals surface area contributed by atoms with Gasteiger partial charge in [0.15, 0.2) is 11.2 Å². The maximum Gasteiger partial charge on any atom is 0.298 e. The Balaban J connectivity index is 1.28. The van der Waals surface area contributed by atoms with Crippen LogP contribution in [0.15, 0.2) is 183 Å². The molecule has 0 spiro atoms. The average Bonchev–Trinajstić information content (AvgIpc) is 4.09. The lowest BCUT2D eigenvalue weighted by Crippen LogP contribution is -2.65. The van der Waals surface area contributed by atoms with E-state index in [1.54, 1.807) is 36.4 Å². The third-order valence-electron chi connectivity index (χ3n) is 14.7. The molecule has 3 aliphatic carbocycles. The van der Waals surface area contributed by atoms with E-state index in [4.69, 9.17) is 0 Å². The number of anilines is 6. The fourth-order valence-electron chi connectivity index (χ4n) is 11.1. The topological polar surface area (TPSA) is 189 Å². The van der Waals surface area contributed by atoms with E-state index in [1.165, 1.54) is 30.4 Å². The molecule has 0 saturated heterocycles. The maximum absolute atomic E-state index is 13.1. The minimum atomic E-state index is -4.08. The van der Waals surface area contributed by atoms with E-state index in [0.29, 0.717) is 28.3 Å². The molecule has 0 radical (unpaired) electrons. The molecule has 0 bridgehead atoms. The van der Waals surface area contributed by atoms with E-state index in [2.05, 4.69) is 13.2 Å². The lowest BCUT2D eigenvalue weighted by atomic mass is 9.58. The summed E-state index contributed by atoms with van der Waals surface area (Å²) in [5, 5.41) is 109. The van der Waals surface area contributed by atoms with Crippen molar-refractivity contribution in [3.05, 3.63) is 228 Å². The number of aliphatic hydroxyl groups is 9. The molecule has 11 nitrogen and oxygen atoms in total. The van der Waals surface area contributed by atoms with Gasteiger partial charge < -0.3 is 55.8 Å². The van der Waals surface area contributed by atoms with Crippen molar-refractivity contribution in [2.45, 2.75) is 61.9 Å². The molecule has 1 atom stereocenters. The molecule has 11 heteroatoms. The molecule has 0 saturated carbocycles. The first-order chi connectivity index (χ1) is 33.1. The molecular weight excluding hydrogens is 881 g/mol. The minimum absolute atomic E-state index is 0.0361. The van der Waals surface area contributed by atoms with Gasteiger partial charge in [-0.05, 0) is 157 Å². The fourth-order valence-corrected chi connectivity index (χ4v) is 11.1. The predicted octanol–water partition coefficient (Wildman–Crippen LogP) is 8.62. The molecule has 7 aromatic carbocycles. The van der Waals surface area contributed by atoms with Gasteiger partial charge in [0.2, 0.25) is 0 Å². The van der Waals surface area contributed by atoms with Crippen molar-refractivity contribution >= 4 is 34.1 Å². The highest BCUT2D eigenvalue weighted by atomic mass is 16.7. The highest BCUT2D eigenvalue weighted by Crippen LogP contribution is 2.67. The van der Waals surface area contributed by atoms with Gasteiger partial charge in [-0.15, -0.1) is 0 Å². The van der Waals surface area contributed by atoms with Crippen LogP contribution in [0.2, 0.25) is 0 Å². The van der Waals surface area contributed by atoms with Gasteiger partial charge in [0.05, 0.1) is 5.92 Å². The molecule has 70 heavy (non-hydrogen) atoms. The maximum atomic E-state index is 13.1. The van der Waals surface area contributed by atoms with Gasteiger partial charge in [0.1, 0.15) is 11.0 Å². The van der Waals surface area contributed by atoms with Crippen LogP contribution in [0.5, 0.6) is 0 Å². The highest BCUT2D eigenvalue weighted by molar-refractivity contribution is 5.94. The molecule has 0 aromatic heterocycles. The van der Waals surface area contributed by atoms with Gasteiger partial charge in [-0.1, -0.05) is 120 Å². The first-order valence-electron chi connectivity index (χ1n) is 23.0. The van der Waals surface area contributed by atoms with Gasteiger partial charge in [0, 0.05) is 34.1 Å². The SMILES string of the molecule is C=CC(O)(C=C)C1(C(O)(O)C2C=C2)c2cc(N(c3ccc(C)cc3)c3ccc(C)cc3)ccc2-c2cc3c(cc21)-c1ccc(N(c2ccc(C)cc2)c2ccc(C)cc2)cc1C3(C(O)(O)O)C(O)(O)O. The third-order valence-corrected chi connectivity index (χ3v) is 14.7. The summed E-state index contributed by atoms with van der Waals surface area (Å²) in [6.07, 6.45) is 5.57. The number of aryl methyl sites for hydroxylation is 4. The van der Waals surface area contributed by atoms with Crippen LogP contribution in [0.4, 0.5) is 34.1 Å². The van der Waals surface area contributed by atoms with Gasteiger partial charge in [-0.2, -0.15) is 0 Å². The van der Waals surface area contributed by atoms with E-state index < -0.39 is 40.1 Å². The Kier molecular flexibility index (Phi) is 10.7. The average molecular weight is 935 g/mol. The summed E-state index contributed by atoms with van der Waals surface area (Å²) in [6.45, 7) is 15.9. The van der Waals surface area contributed by atoms with E-state index in [0.717, 1.165) is 33.6 Å². The number of hydrogen-bond acceptors (Lipinski definition) is 11. The molecule has 3 aliphatic rings. The lowest BCUT2D eigenvalue weighted by Gasteiger charge is -2.51. The summed E-state index contributed by atoms with van der Waals surface area (Å²) >= 11 is 0. The van der Waals surface area contributed by atoms with Gasteiger partial charge in [-0.3, -0.25) is 0 Å². The Bertz CT molecular complexity index is 3140. The second kappa shape index (κ2) is 16.0. The molecule has 7 aromatic rings. The normalized spacial score (nSPS) is 16.8. The lowest BCUT2D eigenvalue weighted by molar-refractivity contribution is -0.442. The zero-order valence-corrected chi connectivity index (χ0v) is 39.1. The van der Waals surface area contributed by atoms with Crippen molar-refractivity contribution in [1.82, 2.24) is 0 Å². The largest absolute Gasteiger partial charge is 0.380 e. The summed E-state index contributed by atoms with van der Waals surface area (Å²) in [4.78, 5) is 3.84. The van der Waals surface area contributed by atoms with Crippen LogP contribution in [0.25, 0.3) is 22.3 Å². The highest BCUT2D eigenvalue weighted by Gasteiger charge is 2.72. The Labute approximate surface area is 406 Å². The van der Waals surface area contributed by atoms with E-state index >= 15 is 0 Å². The van der Waals surface area contributed by atoms with Crippen LogP contribution in [0.1, 0.15) is 44.5 Å². The Morgan fingerprint density at radius 2 is 0.671 bits per heavy atom. The monoisotopic (exact) mass is 934 g/mol. The van der Waals surface area contributed by atoms with Crippen LogP contribution >= 0.6 is 0 Å². The second-order valence-corrected chi connectivity index (χ2v) is 19.1. The van der Waals surface area contributed by atoms with Crippen molar-refractivity contribution in [3.8, 4) is 22.3 Å². The Hall–Kier alpha value is -7.00. The number of hydrogen-bond donors (Lipinski definition) is 9. The first kappa shape index (κ1) is 46.7. The molecule has 354 valence electrons. The molecular formula is C59H54N2O9. The van der Waals surface area contributed by atoms with E-state index in [-0.39, 0.29) is 38.9 Å². The molecule has 10 rings (SSSR count). The van der Waals surface area contributed by atoms with Crippen LogP contribution in [-0.2, 0) is 10.8 Å². The van der Waals surface area contributed by atoms with E-state index in [1.807, 2.05) is 141 Å². The van der Waals surface area contributed by atoms with Crippen molar-refractivity contribution in [2.24, 2.45) is 5.92 Å². The molecule has 0 fully saturated rings. The van der Waals surface area contributed by atoms with Crippen LogP contribution in [-0.4, -0.2) is 69.3 Å². The minimum Gasteiger partial charge on any atom is -0.380 e. The standard InChI is InChI=1S/C59H54N2O9/c1-7-54(62,8-2)55(57(63,64)39-17-18-39)50-31-44(60(40-19-9-35(3)10-20-40)41-21-11-36(4)12-22-41)27-29-46(50)48-34-53-49(33-52(48)55)47-30-28-45(32-51(47)56(53,58(65,66)67)59(68,69)70)61(42-23-13-37(5)14-24-42)43-25-15-38(6)16-26-43/h7-34,39,62-70H,1-2H2,3-6H3. The molecule has 0 aliphatic heterocycles. The van der Waals surface area contributed by atoms with Gasteiger partial charge in [-0.25, -0.2) is 0 Å². The zero-order valence-electron chi connectivity index (χ0n) is 39.1. The number of benzene rings is 7. The number of rotatable bonds is 13. The van der Waals surface area contributed by atoms with Gasteiger partial charge >= 0.3 is 0 Å². The quantitative estimate of drug-likeness (QED) is 0.0398. The molecule has 0 amide bonds. The fraction of sp³-hybridized carbons (Fsp3) is 0.186. The van der Waals surface area contributed by atoms with Crippen molar-refractivity contribution < 1.29 is 46.0 Å².